The standard InChI is InChI=1S/C17H22N4O2/c22-17(18-10-13-9-15(20-19-13)12-3-4-12)16-6-5-14(23-16)11-21-7-1-2-8-21/h5-6,9,12H,1-4,7-8,10-11H2,(H,18,22)(H,19,20). The van der Waals surface area contributed by atoms with Crippen molar-refractivity contribution in [1.29, 1.82) is 0 Å². The second kappa shape index (κ2) is 6.20. The first kappa shape index (κ1) is 14.5. The summed E-state index contributed by atoms with van der Waals surface area (Å²) in [4.78, 5) is 14.5. The van der Waals surface area contributed by atoms with Crippen molar-refractivity contribution in [3.05, 3.63) is 41.1 Å². The van der Waals surface area contributed by atoms with Gasteiger partial charge in [0.25, 0.3) is 5.91 Å². The molecule has 2 N–H and O–H groups in total. The molecule has 2 aromatic heterocycles. The van der Waals surface area contributed by atoms with Crippen LogP contribution in [0.3, 0.4) is 0 Å². The summed E-state index contributed by atoms with van der Waals surface area (Å²) in [6, 6.07) is 5.69. The minimum absolute atomic E-state index is 0.180. The molecule has 6 heteroatoms. The van der Waals surface area contributed by atoms with Crippen LogP contribution >= 0.6 is 0 Å². The van der Waals surface area contributed by atoms with Gasteiger partial charge in [-0.25, -0.2) is 0 Å². The second-order valence-corrected chi connectivity index (χ2v) is 6.52. The molecule has 0 atom stereocenters. The summed E-state index contributed by atoms with van der Waals surface area (Å²) in [5, 5.41) is 10.1. The highest BCUT2D eigenvalue weighted by atomic mass is 16.4. The average Bonchev–Trinajstić information content (AvgIpc) is 2.99. The third kappa shape index (κ3) is 3.47. The third-order valence-electron chi connectivity index (χ3n) is 4.55. The molecule has 1 saturated heterocycles. The summed E-state index contributed by atoms with van der Waals surface area (Å²) in [6.07, 6.45) is 4.95. The van der Waals surface area contributed by atoms with Gasteiger partial charge in [0.15, 0.2) is 5.76 Å². The van der Waals surface area contributed by atoms with Gasteiger partial charge < -0.3 is 9.73 Å². The first-order valence-corrected chi connectivity index (χ1v) is 8.41. The number of nitrogens with zero attached hydrogens (tertiary/aromatic N) is 2. The first-order valence-electron chi connectivity index (χ1n) is 8.41. The Kier molecular flexibility index (Phi) is 3.91. The van der Waals surface area contributed by atoms with Crippen LogP contribution in [0.1, 0.15) is 59.3 Å². The van der Waals surface area contributed by atoms with Gasteiger partial charge in [-0.15, -0.1) is 0 Å². The number of carbonyl (C=O) groups is 1. The molecule has 23 heavy (non-hydrogen) atoms. The summed E-state index contributed by atoms with van der Waals surface area (Å²) >= 11 is 0. The van der Waals surface area contributed by atoms with Crippen molar-refractivity contribution in [3.63, 3.8) is 0 Å². The fourth-order valence-corrected chi connectivity index (χ4v) is 3.07. The van der Waals surface area contributed by atoms with Crippen LogP contribution in [-0.2, 0) is 13.1 Å². The predicted molar refractivity (Wildman–Crippen MR) is 85.0 cm³/mol. The smallest absolute Gasteiger partial charge is 0.287 e. The van der Waals surface area contributed by atoms with Gasteiger partial charge in [-0.1, -0.05) is 0 Å². The molecule has 1 saturated carbocycles. The Balaban J connectivity index is 1.30. The van der Waals surface area contributed by atoms with Crippen molar-refractivity contribution in [2.75, 3.05) is 13.1 Å². The maximum Gasteiger partial charge on any atom is 0.287 e. The number of aromatic amines is 1. The largest absolute Gasteiger partial charge is 0.455 e. The molecule has 2 aromatic rings. The highest BCUT2D eigenvalue weighted by Crippen LogP contribution is 2.38. The molecule has 1 aliphatic carbocycles. The second-order valence-electron chi connectivity index (χ2n) is 6.52. The van der Waals surface area contributed by atoms with E-state index in [9.17, 15) is 4.79 Å². The van der Waals surface area contributed by atoms with E-state index < -0.39 is 0 Å². The number of H-pyrrole nitrogens is 1. The lowest BCUT2D eigenvalue weighted by atomic mass is 10.2. The van der Waals surface area contributed by atoms with E-state index in [1.165, 1.54) is 25.7 Å². The minimum atomic E-state index is -0.180. The molecule has 0 radical (unpaired) electrons. The van der Waals surface area contributed by atoms with Crippen molar-refractivity contribution in [1.82, 2.24) is 20.4 Å². The zero-order chi connectivity index (χ0) is 15.6. The summed E-state index contributed by atoms with van der Waals surface area (Å²) in [7, 11) is 0. The Hall–Kier alpha value is -2.08. The molecule has 0 aromatic carbocycles. The van der Waals surface area contributed by atoms with Gasteiger partial charge in [0.1, 0.15) is 5.76 Å². The predicted octanol–water partition coefficient (Wildman–Crippen LogP) is 2.41. The topological polar surface area (TPSA) is 74.2 Å². The van der Waals surface area contributed by atoms with Crippen LogP contribution in [0.15, 0.2) is 22.6 Å². The summed E-state index contributed by atoms with van der Waals surface area (Å²) < 4.78 is 5.67. The quantitative estimate of drug-likeness (QED) is 0.858. The van der Waals surface area contributed by atoms with E-state index in [1.807, 2.05) is 12.1 Å². The van der Waals surface area contributed by atoms with Crippen LogP contribution in [-0.4, -0.2) is 34.1 Å². The van der Waals surface area contributed by atoms with Gasteiger partial charge >= 0.3 is 0 Å². The maximum atomic E-state index is 12.2. The van der Waals surface area contributed by atoms with Gasteiger partial charge in [0, 0.05) is 5.92 Å². The molecule has 0 spiro atoms. The van der Waals surface area contributed by atoms with Crippen LogP contribution in [0.2, 0.25) is 0 Å². The van der Waals surface area contributed by atoms with E-state index in [4.69, 9.17) is 4.42 Å². The summed E-state index contributed by atoms with van der Waals surface area (Å²) in [5.41, 5.74) is 2.05. The number of nitrogens with one attached hydrogen (secondary N) is 2. The van der Waals surface area contributed by atoms with Gasteiger partial charge in [0.05, 0.1) is 24.5 Å². The molecular weight excluding hydrogens is 292 g/mol. The summed E-state index contributed by atoms with van der Waals surface area (Å²) in [6.45, 7) is 3.47. The number of furan rings is 1. The Bertz CT molecular complexity index is 680. The molecule has 0 bridgehead atoms. The van der Waals surface area contributed by atoms with E-state index >= 15 is 0 Å². The molecule has 1 aliphatic heterocycles. The Morgan fingerprint density at radius 2 is 2.17 bits per heavy atom. The fraction of sp³-hybridized carbons (Fsp3) is 0.529. The lowest BCUT2D eigenvalue weighted by Crippen LogP contribution is -2.22. The number of hydrogen-bond acceptors (Lipinski definition) is 4. The molecule has 4 rings (SSSR count). The molecule has 6 nitrogen and oxygen atoms in total. The van der Waals surface area contributed by atoms with E-state index in [2.05, 4.69) is 20.4 Å². The molecule has 122 valence electrons. The molecule has 2 aliphatic rings. The van der Waals surface area contributed by atoms with E-state index in [1.54, 1.807) is 6.07 Å². The molecule has 2 fully saturated rings. The van der Waals surface area contributed by atoms with Crippen molar-refractivity contribution >= 4 is 5.91 Å². The lowest BCUT2D eigenvalue weighted by molar-refractivity contribution is 0.0919. The third-order valence-corrected chi connectivity index (χ3v) is 4.55. The fourth-order valence-electron chi connectivity index (χ4n) is 3.07. The van der Waals surface area contributed by atoms with Crippen LogP contribution in [0.5, 0.6) is 0 Å². The number of rotatable bonds is 6. The van der Waals surface area contributed by atoms with Gasteiger partial charge in [-0.05, 0) is 57.0 Å². The SMILES string of the molecule is O=C(NCc1cc(C2CC2)n[nH]1)c1ccc(CN2CCCC2)o1. The molecule has 0 unspecified atom stereocenters. The van der Waals surface area contributed by atoms with Crippen LogP contribution in [0.25, 0.3) is 0 Å². The van der Waals surface area contributed by atoms with Gasteiger partial charge in [-0.3, -0.25) is 14.8 Å². The molecular formula is C17H22N4O2. The zero-order valence-electron chi connectivity index (χ0n) is 13.2. The van der Waals surface area contributed by atoms with Gasteiger partial charge in [0.2, 0.25) is 0 Å². The Morgan fingerprint density at radius 3 is 2.96 bits per heavy atom. The van der Waals surface area contributed by atoms with E-state index in [-0.39, 0.29) is 5.91 Å². The van der Waals surface area contributed by atoms with Crippen molar-refractivity contribution < 1.29 is 9.21 Å². The van der Waals surface area contributed by atoms with Crippen LogP contribution in [0.4, 0.5) is 0 Å². The number of carbonyl (C=O) groups excluding carboxylic acids is 1. The van der Waals surface area contributed by atoms with Crippen molar-refractivity contribution in [2.24, 2.45) is 0 Å². The number of amides is 1. The van der Waals surface area contributed by atoms with E-state index in [0.717, 1.165) is 36.8 Å². The van der Waals surface area contributed by atoms with Crippen LogP contribution in [0, 0.1) is 0 Å². The lowest BCUT2D eigenvalue weighted by Gasteiger charge is -2.11. The molecule has 3 heterocycles. The van der Waals surface area contributed by atoms with E-state index in [0.29, 0.717) is 18.2 Å². The first-order chi connectivity index (χ1) is 11.3. The highest BCUT2D eigenvalue weighted by Gasteiger charge is 2.26. The van der Waals surface area contributed by atoms with Gasteiger partial charge in [-0.2, -0.15) is 5.10 Å². The highest BCUT2D eigenvalue weighted by molar-refractivity contribution is 5.91. The normalized spacial score (nSPS) is 18.4. The number of hydrogen-bond donors (Lipinski definition) is 2. The zero-order valence-corrected chi connectivity index (χ0v) is 13.2. The maximum absolute atomic E-state index is 12.2. The monoisotopic (exact) mass is 314 g/mol. The Morgan fingerprint density at radius 1 is 1.35 bits per heavy atom. The average molecular weight is 314 g/mol. The molecule has 1 amide bonds. The van der Waals surface area contributed by atoms with Crippen molar-refractivity contribution in [3.8, 4) is 0 Å². The number of aromatic nitrogens is 2. The number of likely N-dealkylation sites (tertiary alicyclic amines) is 1. The van der Waals surface area contributed by atoms with Crippen molar-refractivity contribution in [2.45, 2.75) is 44.7 Å². The van der Waals surface area contributed by atoms with Crippen LogP contribution < -0.4 is 5.32 Å². The Labute approximate surface area is 135 Å². The minimum Gasteiger partial charge on any atom is -0.455 e. The summed E-state index contributed by atoms with van der Waals surface area (Å²) in [5.74, 6) is 1.67.